The van der Waals surface area contributed by atoms with Gasteiger partial charge in [0.1, 0.15) is 21.9 Å². The maximum atomic E-state index is 9.18. The summed E-state index contributed by atoms with van der Waals surface area (Å²) in [5, 5.41) is 18.4. The first-order valence-electron chi connectivity index (χ1n) is 7.60. The minimum atomic E-state index is 0.615. The fraction of sp³-hybridized carbons (Fsp3) is 0.750. The van der Waals surface area contributed by atoms with Crippen LogP contribution in [0.2, 0.25) is 0 Å². The van der Waals surface area contributed by atoms with Crippen LogP contribution < -0.4 is 0 Å². The Kier molecular flexibility index (Phi) is 14.4. The van der Waals surface area contributed by atoms with Crippen LogP contribution in [0.25, 0.3) is 0 Å². The van der Waals surface area contributed by atoms with E-state index in [0.29, 0.717) is 9.81 Å². The van der Waals surface area contributed by atoms with Gasteiger partial charge in [0, 0.05) is 0 Å². The summed E-state index contributed by atoms with van der Waals surface area (Å²) in [4.78, 5) is 1.23. The Morgan fingerprint density at radius 1 is 0.700 bits per heavy atom. The van der Waals surface area contributed by atoms with Gasteiger partial charge in [-0.25, -0.2) is 0 Å². The summed E-state index contributed by atoms with van der Waals surface area (Å²) in [5.41, 5.74) is 0. The Morgan fingerprint density at radius 3 is 1.40 bits per heavy atom. The lowest BCUT2D eigenvalue weighted by atomic mass is 10.2. The summed E-state index contributed by atoms with van der Waals surface area (Å²) in [6.45, 7) is 4.38. The molecule has 0 aliphatic heterocycles. The molecular formula is C16H26N2S2. The van der Waals surface area contributed by atoms with Gasteiger partial charge >= 0.3 is 0 Å². The fourth-order valence-electron chi connectivity index (χ4n) is 1.70. The van der Waals surface area contributed by atoms with Gasteiger partial charge in [-0.2, -0.15) is 10.5 Å². The second kappa shape index (κ2) is 14.8. The van der Waals surface area contributed by atoms with E-state index in [1.807, 2.05) is 0 Å². The lowest BCUT2D eigenvalue weighted by molar-refractivity contribution is 0.707. The van der Waals surface area contributed by atoms with E-state index in [1.165, 1.54) is 38.5 Å². The fourth-order valence-corrected chi connectivity index (χ4v) is 3.64. The maximum Gasteiger partial charge on any atom is 0.109 e. The minimum Gasteiger partial charge on any atom is -0.192 e. The van der Waals surface area contributed by atoms with Crippen LogP contribution in [-0.4, -0.2) is 11.5 Å². The second-order valence-corrected chi connectivity index (χ2v) is 6.91. The summed E-state index contributed by atoms with van der Waals surface area (Å²) in [6.07, 6.45) is 9.65. The highest BCUT2D eigenvalue weighted by molar-refractivity contribution is 8.07. The van der Waals surface area contributed by atoms with Crippen molar-refractivity contribution < 1.29 is 0 Å². The predicted molar refractivity (Wildman–Crippen MR) is 91.5 cm³/mol. The van der Waals surface area contributed by atoms with Gasteiger partial charge in [0.05, 0.1) is 0 Å². The summed E-state index contributed by atoms with van der Waals surface area (Å²) in [5.74, 6) is 1.90. The van der Waals surface area contributed by atoms with Gasteiger partial charge < -0.3 is 0 Å². The number of nitriles is 2. The number of allylic oxidation sites excluding steroid dienone is 2. The molecule has 0 saturated carbocycles. The first-order chi connectivity index (χ1) is 9.79. The lowest BCUT2D eigenvalue weighted by Gasteiger charge is -2.04. The van der Waals surface area contributed by atoms with Crippen LogP contribution in [0.4, 0.5) is 0 Å². The van der Waals surface area contributed by atoms with E-state index in [1.54, 1.807) is 23.5 Å². The van der Waals surface area contributed by atoms with Gasteiger partial charge in [-0.15, -0.1) is 23.5 Å². The van der Waals surface area contributed by atoms with E-state index in [-0.39, 0.29) is 0 Å². The van der Waals surface area contributed by atoms with E-state index in [4.69, 9.17) is 0 Å². The van der Waals surface area contributed by atoms with Crippen molar-refractivity contribution in [2.45, 2.75) is 65.2 Å². The monoisotopic (exact) mass is 310 g/mol. The van der Waals surface area contributed by atoms with Crippen molar-refractivity contribution in [1.29, 1.82) is 10.5 Å². The van der Waals surface area contributed by atoms with E-state index in [9.17, 15) is 10.5 Å². The van der Waals surface area contributed by atoms with Crippen molar-refractivity contribution >= 4 is 23.5 Å². The van der Waals surface area contributed by atoms with E-state index >= 15 is 0 Å². The third kappa shape index (κ3) is 10.2. The van der Waals surface area contributed by atoms with E-state index < -0.39 is 0 Å². The molecule has 0 rings (SSSR count). The standard InChI is InChI=1S/C16H26N2S2/c1-3-5-7-9-11-19-15(13-17)16(14-18)20-12-10-8-6-4-2/h3-12H2,1-2H3/b16-15-. The second-order valence-electron chi connectivity index (χ2n) is 4.70. The number of nitrogens with zero attached hydrogens (tertiary/aromatic N) is 2. The number of thioether (sulfide) groups is 2. The molecule has 20 heavy (non-hydrogen) atoms. The SMILES string of the molecule is CCCCCCS/C(C#N)=C(/C#N)SCCCCCC. The Morgan fingerprint density at radius 2 is 1.10 bits per heavy atom. The van der Waals surface area contributed by atoms with Gasteiger partial charge in [0.15, 0.2) is 0 Å². The van der Waals surface area contributed by atoms with Gasteiger partial charge in [-0.1, -0.05) is 52.4 Å². The molecule has 0 aromatic carbocycles. The highest BCUT2D eigenvalue weighted by Gasteiger charge is 2.07. The Bertz CT molecular complexity index is 316. The van der Waals surface area contributed by atoms with Crippen molar-refractivity contribution in [3.05, 3.63) is 9.81 Å². The summed E-state index contributed by atoms with van der Waals surface area (Å²) in [6, 6.07) is 4.39. The van der Waals surface area contributed by atoms with Crippen LogP contribution >= 0.6 is 23.5 Å². The van der Waals surface area contributed by atoms with E-state index in [2.05, 4.69) is 26.0 Å². The quantitative estimate of drug-likeness (QED) is 0.334. The molecule has 0 amide bonds. The van der Waals surface area contributed by atoms with Crippen molar-refractivity contribution in [1.82, 2.24) is 0 Å². The minimum absolute atomic E-state index is 0.615. The van der Waals surface area contributed by atoms with Crippen molar-refractivity contribution in [2.24, 2.45) is 0 Å². The summed E-state index contributed by atoms with van der Waals surface area (Å²) >= 11 is 3.10. The molecule has 0 spiro atoms. The van der Waals surface area contributed by atoms with E-state index in [0.717, 1.165) is 24.3 Å². The topological polar surface area (TPSA) is 47.6 Å². The number of hydrogen-bond donors (Lipinski definition) is 0. The summed E-state index contributed by atoms with van der Waals surface area (Å²) < 4.78 is 0. The molecule has 0 aromatic rings. The molecule has 0 bridgehead atoms. The van der Waals surface area contributed by atoms with Gasteiger partial charge in [0.2, 0.25) is 0 Å². The van der Waals surface area contributed by atoms with Crippen molar-refractivity contribution in [3.63, 3.8) is 0 Å². The zero-order chi connectivity index (χ0) is 15.1. The molecule has 0 heterocycles. The highest BCUT2D eigenvalue weighted by Crippen LogP contribution is 2.28. The molecule has 0 fully saturated rings. The van der Waals surface area contributed by atoms with Crippen molar-refractivity contribution in [2.75, 3.05) is 11.5 Å². The molecule has 0 N–H and O–H groups in total. The van der Waals surface area contributed by atoms with Crippen LogP contribution in [0.3, 0.4) is 0 Å². The molecule has 4 heteroatoms. The highest BCUT2D eigenvalue weighted by atomic mass is 32.2. The normalized spacial score (nSPS) is 11.6. The van der Waals surface area contributed by atoms with Gasteiger partial charge in [0.25, 0.3) is 0 Å². The zero-order valence-corrected chi connectivity index (χ0v) is 14.4. The molecule has 0 radical (unpaired) electrons. The molecule has 0 aliphatic rings. The number of unbranched alkanes of at least 4 members (excludes halogenated alkanes) is 6. The molecule has 0 unspecified atom stereocenters. The van der Waals surface area contributed by atoms with Crippen LogP contribution in [0, 0.1) is 22.7 Å². The third-order valence-corrected chi connectivity index (χ3v) is 5.18. The molecule has 0 saturated heterocycles. The smallest absolute Gasteiger partial charge is 0.109 e. The molecule has 112 valence electrons. The van der Waals surface area contributed by atoms with Crippen LogP contribution in [0.1, 0.15) is 65.2 Å². The van der Waals surface area contributed by atoms with Crippen LogP contribution in [0.15, 0.2) is 9.81 Å². The van der Waals surface area contributed by atoms with Gasteiger partial charge in [-0.3, -0.25) is 0 Å². The number of hydrogen-bond acceptors (Lipinski definition) is 4. The Labute approximate surface area is 133 Å². The third-order valence-electron chi connectivity index (χ3n) is 2.90. The number of rotatable bonds is 12. The average molecular weight is 311 g/mol. The predicted octanol–water partition coefficient (Wildman–Crippen LogP) is 5.87. The first kappa shape index (κ1) is 19.4. The molecule has 2 nitrogen and oxygen atoms in total. The largest absolute Gasteiger partial charge is 0.192 e. The van der Waals surface area contributed by atoms with Crippen LogP contribution in [-0.2, 0) is 0 Å². The zero-order valence-electron chi connectivity index (χ0n) is 12.8. The Hall–Kier alpha value is -0.580. The maximum absolute atomic E-state index is 9.18. The van der Waals surface area contributed by atoms with Gasteiger partial charge in [-0.05, 0) is 24.3 Å². The van der Waals surface area contributed by atoms with Crippen molar-refractivity contribution in [3.8, 4) is 12.1 Å². The average Bonchev–Trinajstić information content (AvgIpc) is 2.48. The molecular weight excluding hydrogens is 284 g/mol. The Balaban J connectivity index is 4.09. The summed E-state index contributed by atoms with van der Waals surface area (Å²) in [7, 11) is 0. The molecule has 0 atom stereocenters. The molecule has 0 aromatic heterocycles. The molecule has 0 aliphatic carbocycles. The first-order valence-corrected chi connectivity index (χ1v) is 9.57. The lowest BCUT2D eigenvalue weighted by Crippen LogP contribution is -1.87. The van der Waals surface area contributed by atoms with Crippen LogP contribution in [0.5, 0.6) is 0 Å².